The van der Waals surface area contributed by atoms with Crippen LogP contribution in [-0.2, 0) is 46.9 Å². The fourth-order valence-electron chi connectivity index (χ4n) is 7.92. The van der Waals surface area contributed by atoms with Gasteiger partial charge in [0.25, 0.3) is 11.8 Å². The molecule has 7 amide bonds. The van der Waals surface area contributed by atoms with E-state index in [1.54, 1.807) is 70.2 Å². The van der Waals surface area contributed by atoms with Crippen molar-refractivity contribution in [3.63, 3.8) is 0 Å². The van der Waals surface area contributed by atoms with Crippen molar-refractivity contribution in [1.29, 1.82) is 0 Å². The first-order valence-electron chi connectivity index (χ1n) is 24.1. The van der Waals surface area contributed by atoms with Gasteiger partial charge in [0.2, 0.25) is 17.7 Å². The standard InChI is InChI=1S/C52H63N11O9S/c1-32(2)47(60-44(64)11-7-6-8-27-63-45(65)24-25-46(63)66)51(68)59-40(10-9-26-55-52(54)69)50(67)57-38-20-14-35(15-21-38)31-62(5)30-34-12-16-36(17-13-34)41-28-43(72-61-41)48-49(53)56-29-42(58-48)37-18-22-39(23-19-37)73(70,71)33(3)4/h12-25,28-29,32-33,40,47H,6-11,26-27,30-31H2,1-5H3,(H2,53,56)(H,57,67)(H,59,68)(H,60,64)(H3,54,55,69)/t40-,47+/m1/s1. The second kappa shape index (κ2) is 25.1. The third kappa shape index (κ3) is 15.1. The summed E-state index contributed by atoms with van der Waals surface area (Å²) in [5.41, 5.74) is 16.8. The van der Waals surface area contributed by atoms with E-state index >= 15 is 0 Å². The maximum atomic E-state index is 13.7. The zero-order chi connectivity index (χ0) is 52.8. The van der Waals surface area contributed by atoms with E-state index in [1.165, 1.54) is 18.3 Å². The number of rotatable bonds is 25. The lowest BCUT2D eigenvalue weighted by Gasteiger charge is -2.25. The number of benzene rings is 3. The molecule has 73 heavy (non-hydrogen) atoms. The number of nitrogens with zero attached hydrogens (tertiary/aromatic N) is 5. The summed E-state index contributed by atoms with van der Waals surface area (Å²) >= 11 is 0. The van der Waals surface area contributed by atoms with E-state index in [4.69, 9.17) is 16.0 Å². The van der Waals surface area contributed by atoms with E-state index < -0.39 is 45.0 Å². The number of nitrogens with one attached hydrogen (secondary N) is 4. The minimum absolute atomic E-state index is 0.133. The Kier molecular flexibility index (Phi) is 18.7. The number of carbonyl (C=O) groups is 6. The van der Waals surface area contributed by atoms with Crippen LogP contribution in [0.1, 0.15) is 77.3 Å². The summed E-state index contributed by atoms with van der Waals surface area (Å²) in [6.07, 6.45) is 6.23. The summed E-state index contributed by atoms with van der Waals surface area (Å²) in [5, 5.41) is 14.7. The Bertz CT molecular complexity index is 2890. The van der Waals surface area contributed by atoms with Gasteiger partial charge in [0.05, 0.1) is 22.0 Å². The summed E-state index contributed by atoms with van der Waals surface area (Å²) in [5.74, 6) is -1.89. The molecule has 1 aliphatic rings. The lowest BCUT2D eigenvalue weighted by Crippen LogP contribution is -2.54. The molecule has 2 aromatic heterocycles. The third-order valence-electron chi connectivity index (χ3n) is 12.1. The number of urea groups is 1. The van der Waals surface area contributed by atoms with Gasteiger partial charge in [0.15, 0.2) is 27.1 Å². The molecule has 0 bridgehead atoms. The summed E-state index contributed by atoms with van der Waals surface area (Å²) in [6, 6.07) is 20.8. The fourth-order valence-corrected chi connectivity index (χ4v) is 8.98. The summed E-state index contributed by atoms with van der Waals surface area (Å²) in [7, 11) is -1.44. The van der Waals surface area contributed by atoms with E-state index in [-0.39, 0.29) is 60.3 Å². The first-order chi connectivity index (χ1) is 34.8. The van der Waals surface area contributed by atoms with E-state index in [0.29, 0.717) is 72.9 Å². The van der Waals surface area contributed by atoms with Crippen LogP contribution >= 0.6 is 0 Å². The molecular formula is C52H63N11O9S. The van der Waals surface area contributed by atoms with Crippen molar-refractivity contribution < 1.29 is 41.7 Å². The molecular weight excluding hydrogens is 955 g/mol. The average molecular weight is 1020 g/mol. The molecule has 0 unspecified atom stereocenters. The number of sulfone groups is 1. The SMILES string of the molecule is CC(C)[C@H](NC(=O)CCCCCN1C(=O)C=CC1=O)C(=O)N[C@H](CCCNC(N)=O)C(=O)Nc1ccc(CN(C)Cc2ccc(-c3cc(-c4nc(-c5ccc(S(=O)(=O)C(C)C)cc5)cnc4N)on3)cc2)cc1. The quantitative estimate of drug-likeness (QED) is 0.0317. The van der Waals surface area contributed by atoms with Crippen LogP contribution in [0, 0.1) is 5.92 Å². The van der Waals surface area contributed by atoms with Gasteiger partial charge in [-0.3, -0.25) is 33.8 Å². The van der Waals surface area contributed by atoms with Gasteiger partial charge in [-0.1, -0.05) is 74.0 Å². The molecule has 1 aliphatic heterocycles. The number of nitrogens with two attached hydrogens (primary N) is 2. The number of carbonyl (C=O) groups excluding carboxylic acids is 6. The van der Waals surface area contributed by atoms with Crippen LogP contribution in [0.5, 0.6) is 0 Å². The van der Waals surface area contributed by atoms with Gasteiger partial charge in [0, 0.05) is 67.6 Å². The summed E-state index contributed by atoms with van der Waals surface area (Å²) in [4.78, 5) is 87.5. The first-order valence-corrected chi connectivity index (χ1v) is 25.6. The van der Waals surface area contributed by atoms with Gasteiger partial charge >= 0.3 is 6.03 Å². The monoisotopic (exact) mass is 1020 g/mol. The van der Waals surface area contributed by atoms with Gasteiger partial charge in [-0.15, -0.1) is 0 Å². The molecule has 8 N–H and O–H groups in total. The maximum Gasteiger partial charge on any atom is 0.312 e. The molecule has 5 aromatic rings. The summed E-state index contributed by atoms with van der Waals surface area (Å²) in [6.45, 7) is 8.51. The smallest absolute Gasteiger partial charge is 0.312 e. The molecule has 20 nitrogen and oxygen atoms in total. The van der Waals surface area contributed by atoms with E-state index in [9.17, 15) is 37.2 Å². The average Bonchev–Trinajstić information content (AvgIpc) is 3.97. The number of nitrogen functional groups attached to an aromatic ring is 1. The van der Waals surface area contributed by atoms with Gasteiger partial charge in [-0.25, -0.2) is 23.2 Å². The van der Waals surface area contributed by atoms with Crippen LogP contribution in [0.15, 0.2) is 107 Å². The minimum atomic E-state index is -3.43. The largest absolute Gasteiger partial charge is 0.382 e. The predicted molar refractivity (Wildman–Crippen MR) is 275 cm³/mol. The minimum Gasteiger partial charge on any atom is -0.382 e. The highest BCUT2D eigenvalue weighted by Gasteiger charge is 2.29. The molecule has 0 aliphatic carbocycles. The van der Waals surface area contributed by atoms with Gasteiger partial charge in [-0.2, -0.15) is 0 Å². The number of amides is 7. The molecule has 386 valence electrons. The molecule has 0 fully saturated rings. The number of imide groups is 1. The van der Waals surface area contributed by atoms with Crippen molar-refractivity contribution in [1.82, 2.24) is 40.9 Å². The molecule has 0 saturated heterocycles. The van der Waals surface area contributed by atoms with Crippen molar-refractivity contribution in [2.24, 2.45) is 11.7 Å². The summed E-state index contributed by atoms with van der Waals surface area (Å²) < 4.78 is 30.9. The van der Waals surface area contributed by atoms with Gasteiger partial charge in [0.1, 0.15) is 17.8 Å². The molecule has 6 rings (SSSR count). The molecule has 0 radical (unpaired) electrons. The molecule has 2 atom stereocenters. The number of primary amides is 1. The normalized spacial score (nSPS) is 13.4. The Morgan fingerprint density at radius 2 is 1.40 bits per heavy atom. The Morgan fingerprint density at radius 3 is 2.01 bits per heavy atom. The highest BCUT2D eigenvalue weighted by Crippen LogP contribution is 2.31. The molecule has 0 saturated carbocycles. The zero-order valence-electron chi connectivity index (χ0n) is 41.6. The molecule has 3 heterocycles. The first kappa shape index (κ1) is 54.6. The Balaban J connectivity index is 0.998. The van der Waals surface area contributed by atoms with Crippen molar-refractivity contribution >= 4 is 56.9 Å². The topological polar surface area (TPSA) is 295 Å². The zero-order valence-corrected chi connectivity index (χ0v) is 42.4. The molecule has 0 spiro atoms. The van der Waals surface area contributed by atoms with Crippen molar-refractivity contribution in [2.45, 2.75) is 102 Å². The predicted octanol–water partition coefficient (Wildman–Crippen LogP) is 5.36. The van der Waals surface area contributed by atoms with Gasteiger partial charge in [-0.05, 0) is 87.9 Å². The van der Waals surface area contributed by atoms with E-state index in [0.717, 1.165) is 21.6 Å². The molecule has 21 heteroatoms. The van der Waals surface area contributed by atoms with Crippen LogP contribution in [0.25, 0.3) is 34.0 Å². The second-order valence-electron chi connectivity index (χ2n) is 18.5. The van der Waals surface area contributed by atoms with Crippen molar-refractivity contribution in [2.75, 3.05) is 31.2 Å². The molecule has 3 aromatic carbocycles. The van der Waals surface area contributed by atoms with Crippen molar-refractivity contribution in [3.8, 4) is 34.0 Å². The maximum absolute atomic E-state index is 13.7. The lowest BCUT2D eigenvalue weighted by atomic mass is 10.0. The van der Waals surface area contributed by atoms with Crippen LogP contribution in [0.3, 0.4) is 0 Å². The Hall–Kier alpha value is -7.78. The van der Waals surface area contributed by atoms with Crippen LogP contribution < -0.4 is 32.7 Å². The number of hydrogen-bond donors (Lipinski definition) is 6. The van der Waals surface area contributed by atoms with Crippen LogP contribution in [0.4, 0.5) is 16.3 Å². The number of anilines is 2. The van der Waals surface area contributed by atoms with Crippen molar-refractivity contribution in [3.05, 3.63) is 108 Å². The van der Waals surface area contributed by atoms with E-state index in [2.05, 4.69) is 41.3 Å². The highest BCUT2D eigenvalue weighted by atomic mass is 32.2. The number of aromatic nitrogens is 3. The van der Waals surface area contributed by atoms with E-state index in [1.807, 2.05) is 43.4 Å². The number of hydrogen-bond acceptors (Lipinski definition) is 14. The Morgan fingerprint density at radius 1 is 0.781 bits per heavy atom. The number of unbranched alkanes of at least 4 members (excludes halogenated alkanes) is 2. The van der Waals surface area contributed by atoms with Crippen LogP contribution in [0.2, 0.25) is 0 Å². The third-order valence-corrected chi connectivity index (χ3v) is 14.2. The highest BCUT2D eigenvalue weighted by molar-refractivity contribution is 7.92. The van der Waals surface area contributed by atoms with Gasteiger partial charge < -0.3 is 37.3 Å². The Labute approximate surface area is 424 Å². The van der Waals surface area contributed by atoms with Crippen LogP contribution in [-0.4, -0.2) is 106 Å². The fraction of sp³-hybridized carbons (Fsp3) is 0.365. The lowest BCUT2D eigenvalue weighted by molar-refractivity contribution is -0.137. The second-order valence-corrected chi connectivity index (χ2v) is 21.0.